The number of halogens is 6. The van der Waals surface area contributed by atoms with Crippen molar-refractivity contribution in [2.45, 2.75) is 56.7 Å². The van der Waals surface area contributed by atoms with Crippen molar-refractivity contribution in [2.75, 3.05) is 0 Å². The molecule has 3 aliphatic rings. The van der Waals surface area contributed by atoms with Crippen LogP contribution in [0.2, 0.25) is 0 Å². The van der Waals surface area contributed by atoms with Gasteiger partial charge in [0.05, 0.1) is 0 Å². The van der Waals surface area contributed by atoms with E-state index in [2.05, 4.69) is 6.58 Å². The molecule has 0 amide bonds. The number of ether oxygens (including phenoxy) is 1. The summed E-state index contributed by atoms with van der Waals surface area (Å²) >= 11 is 0. The van der Waals surface area contributed by atoms with Crippen molar-refractivity contribution < 1.29 is 41.0 Å². The highest BCUT2D eigenvalue weighted by Gasteiger charge is 2.73. The lowest BCUT2D eigenvalue weighted by Gasteiger charge is -2.40. The lowest BCUT2D eigenvalue weighted by atomic mass is 9.72. The van der Waals surface area contributed by atoms with E-state index in [0.717, 1.165) is 0 Å². The van der Waals surface area contributed by atoms with E-state index in [1.165, 1.54) is 6.92 Å². The summed E-state index contributed by atoms with van der Waals surface area (Å²) < 4.78 is 83.9. The number of esters is 1. The van der Waals surface area contributed by atoms with Crippen molar-refractivity contribution in [3.8, 4) is 0 Å². The molecular formula is C17H20F6O3. The highest BCUT2D eigenvalue weighted by atomic mass is 19.4. The first-order chi connectivity index (χ1) is 11.8. The molecule has 3 fully saturated rings. The summed E-state index contributed by atoms with van der Waals surface area (Å²) in [6.07, 6.45) is -12.3. The Morgan fingerprint density at radius 2 is 1.58 bits per heavy atom. The van der Waals surface area contributed by atoms with Gasteiger partial charge in [-0.15, -0.1) is 0 Å². The van der Waals surface area contributed by atoms with Crippen LogP contribution in [0.3, 0.4) is 0 Å². The summed E-state index contributed by atoms with van der Waals surface area (Å²) in [6.45, 7) is 4.88. The molecule has 0 saturated heterocycles. The summed E-state index contributed by atoms with van der Waals surface area (Å²) in [6, 6.07) is 0. The Labute approximate surface area is 146 Å². The van der Waals surface area contributed by atoms with Crippen molar-refractivity contribution in [2.24, 2.45) is 29.6 Å². The molecule has 3 rings (SSSR count). The third kappa shape index (κ3) is 2.73. The van der Waals surface area contributed by atoms with E-state index in [1.54, 1.807) is 0 Å². The molecule has 0 heterocycles. The fraction of sp³-hybridized carbons (Fsp3) is 0.824. The van der Waals surface area contributed by atoms with Crippen molar-refractivity contribution >= 4 is 5.97 Å². The average Bonchev–Trinajstić information content (AvgIpc) is 3.08. The number of fused-ring (bicyclic) bond motifs is 1. The zero-order chi connectivity index (χ0) is 19.7. The summed E-state index contributed by atoms with van der Waals surface area (Å²) in [5.74, 6) is -2.67. The summed E-state index contributed by atoms with van der Waals surface area (Å²) in [5.41, 5.74) is -4.63. The van der Waals surface area contributed by atoms with Crippen LogP contribution in [0.4, 0.5) is 26.3 Å². The normalized spacial score (nSPS) is 36.5. The molecule has 6 unspecified atom stereocenters. The third-order valence-corrected chi connectivity index (χ3v) is 6.48. The van der Waals surface area contributed by atoms with E-state index < -0.39 is 48.3 Å². The predicted octanol–water partition coefficient (Wildman–Crippen LogP) is 4.01. The van der Waals surface area contributed by atoms with Gasteiger partial charge in [-0.2, -0.15) is 26.3 Å². The standard InChI is InChI=1S/C17H20F6O3/c1-7(2)14(24)26-13-9-4-3-8-10(9)5-11(13)12(8)6-15(25,16(18,19)20)17(21,22)23/h8-13,25H,1,3-6H2,2H3. The van der Waals surface area contributed by atoms with Crippen LogP contribution in [0.1, 0.15) is 32.6 Å². The quantitative estimate of drug-likeness (QED) is 0.451. The van der Waals surface area contributed by atoms with Crippen molar-refractivity contribution in [3.05, 3.63) is 12.2 Å². The Morgan fingerprint density at radius 3 is 2.08 bits per heavy atom. The highest BCUT2D eigenvalue weighted by molar-refractivity contribution is 5.87. The van der Waals surface area contributed by atoms with Crippen molar-refractivity contribution in [3.63, 3.8) is 0 Å². The SMILES string of the molecule is C=C(C)C(=O)OC1C2CCC3C2CC1C3CC(O)(C(F)(F)F)C(F)(F)F. The van der Waals surface area contributed by atoms with Gasteiger partial charge in [0.2, 0.25) is 0 Å². The van der Waals surface area contributed by atoms with Gasteiger partial charge in [-0.25, -0.2) is 4.79 Å². The minimum atomic E-state index is -5.82. The molecule has 0 aliphatic heterocycles. The van der Waals surface area contributed by atoms with Gasteiger partial charge in [0, 0.05) is 5.57 Å². The molecule has 0 aromatic heterocycles. The highest BCUT2D eigenvalue weighted by Crippen LogP contribution is 2.66. The summed E-state index contributed by atoms with van der Waals surface area (Å²) in [5, 5.41) is 9.58. The number of alkyl halides is 6. The van der Waals surface area contributed by atoms with Gasteiger partial charge in [-0.3, -0.25) is 0 Å². The molecule has 26 heavy (non-hydrogen) atoms. The van der Waals surface area contributed by atoms with Crippen molar-refractivity contribution in [1.82, 2.24) is 0 Å². The molecule has 1 N–H and O–H groups in total. The van der Waals surface area contributed by atoms with Gasteiger partial charge >= 0.3 is 18.3 Å². The lowest BCUT2D eigenvalue weighted by molar-refractivity contribution is -0.374. The predicted molar refractivity (Wildman–Crippen MR) is 77.7 cm³/mol. The number of aliphatic hydroxyl groups is 1. The summed E-state index contributed by atoms with van der Waals surface area (Å²) in [4.78, 5) is 11.8. The average molecular weight is 386 g/mol. The van der Waals surface area contributed by atoms with E-state index >= 15 is 0 Å². The fourth-order valence-corrected chi connectivity index (χ4v) is 5.36. The zero-order valence-electron chi connectivity index (χ0n) is 14.0. The van der Waals surface area contributed by atoms with Crippen LogP contribution in [0.25, 0.3) is 0 Å². The molecule has 2 bridgehead atoms. The van der Waals surface area contributed by atoms with Crippen LogP contribution in [-0.2, 0) is 9.53 Å². The first kappa shape index (κ1) is 19.5. The zero-order valence-corrected chi connectivity index (χ0v) is 14.0. The number of carbonyl (C=O) groups is 1. The maximum atomic E-state index is 13.1. The van der Waals surface area contributed by atoms with Gasteiger partial charge in [0.1, 0.15) is 6.10 Å². The van der Waals surface area contributed by atoms with Crippen LogP contribution in [-0.4, -0.2) is 35.1 Å². The topological polar surface area (TPSA) is 46.5 Å². The molecular weight excluding hydrogens is 366 g/mol. The number of hydrogen-bond acceptors (Lipinski definition) is 3. The first-order valence-electron chi connectivity index (χ1n) is 8.50. The van der Waals surface area contributed by atoms with Crippen LogP contribution in [0, 0.1) is 29.6 Å². The minimum Gasteiger partial charge on any atom is -0.458 e. The summed E-state index contributed by atoms with van der Waals surface area (Å²) in [7, 11) is 0. The Balaban J connectivity index is 1.87. The second kappa shape index (κ2) is 5.87. The number of carbonyl (C=O) groups excluding carboxylic acids is 1. The maximum Gasteiger partial charge on any atom is 0.426 e. The van der Waals surface area contributed by atoms with E-state index in [-0.39, 0.29) is 23.3 Å². The molecule has 0 aromatic carbocycles. The van der Waals surface area contributed by atoms with Crippen LogP contribution in [0.15, 0.2) is 12.2 Å². The van der Waals surface area contributed by atoms with E-state index in [1.807, 2.05) is 0 Å². The maximum absolute atomic E-state index is 13.1. The number of hydrogen-bond donors (Lipinski definition) is 1. The molecule has 6 atom stereocenters. The molecule has 0 spiro atoms. The van der Waals surface area contributed by atoms with Gasteiger partial charge in [0.25, 0.3) is 5.60 Å². The van der Waals surface area contributed by atoms with Gasteiger partial charge in [-0.05, 0) is 62.2 Å². The molecule has 9 heteroatoms. The molecule has 148 valence electrons. The van der Waals surface area contributed by atoms with Crippen molar-refractivity contribution in [1.29, 1.82) is 0 Å². The Hall–Kier alpha value is -1.25. The second-order valence-electron chi connectivity index (χ2n) is 7.84. The van der Waals surface area contributed by atoms with Crippen LogP contribution < -0.4 is 0 Å². The number of rotatable bonds is 4. The second-order valence-corrected chi connectivity index (χ2v) is 7.84. The Bertz CT molecular complexity index is 597. The monoisotopic (exact) mass is 386 g/mol. The van der Waals surface area contributed by atoms with E-state index in [0.29, 0.717) is 19.3 Å². The molecule has 3 nitrogen and oxygen atoms in total. The lowest BCUT2D eigenvalue weighted by Crippen LogP contribution is -2.58. The minimum absolute atomic E-state index is 0.0329. The van der Waals surface area contributed by atoms with E-state index in [4.69, 9.17) is 4.74 Å². The third-order valence-electron chi connectivity index (χ3n) is 6.48. The van der Waals surface area contributed by atoms with Gasteiger partial charge in [-0.1, -0.05) is 6.58 Å². The molecule has 3 saturated carbocycles. The fourth-order valence-electron chi connectivity index (χ4n) is 5.36. The van der Waals surface area contributed by atoms with Gasteiger partial charge < -0.3 is 9.84 Å². The van der Waals surface area contributed by atoms with E-state index in [9.17, 15) is 36.2 Å². The first-order valence-corrected chi connectivity index (χ1v) is 8.50. The Kier molecular flexibility index (Phi) is 4.41. The largest absolute Gasteiger partial charge is 0.458 e. The van der Waals surface area contributed by atoms with Crippen LogP contribution in [0.5, 0.6) is 0 Å². The smallest absolute Gasteiger partial charge is 0.426 e. The molecule has 3 aliphatic carbocycles. The Morgan fingerprint density at radius 1 is 1.04 bits per heavy atom. The molecule has 0 aromatic rings. The van der Waals surface area contributed by atoms with Crippen LogP contribution >= 0.6 is 0 Å². The molecule has 0 radical (unpaired) electrons. The van der Waals surface area contributed by atoms with Gasteiger partial charge in [0.15, 0.2) is 0 Å².